The highest BCUT2D eigenvalue weighted by atomic mass is 79.9. The van der Waals surface area contributed by atoms with Crippen LogP contribution >= 0.6 is 27.3 Å². The highest BCUT2D eigenvalue weighted by Gasteiger charge is 2.29. The lowest BCUT2D eigenvalue weighted by Crippen LogP contribution is -2.38. The summed E-state index contributed by atoms with van der Waals surface area (Å²) in [5.41, 5.74) is 0.833. The van der Waals surface area contributed by atoms with E-state index in [2.05, 4.69) is 26.0 Å². The summed E-state index contributed by atoms with van der Waals surface area (Å²) < 4.78 is 34.7. The summed E-state index contributed by atoms with van der Waals surface area (Å²) in [5.74, 6) is -0.959. The lowest BCUT2D eigenvalue weighted by Gasteiger charge is -2.30. The van der Waals surface area contributed by atoms with Crippen LogP contribution in [0.3, 0.4) is 0 Å². The van der Waals surface area contributed by atoms with Gasteiger partial charge < -0.3 is 4.42 Å². The minimum atomic E-state index is -3.73. The molecule has 0 atom stereocenters. The van der Waals surface area contributed by atoms with Gasteiger partial charge in [-0.25, -0.2) is 13.4 Å². The van der Waals surface area contributed by atoms with Crippen LogP contribution in [0.5, 0.6) is 0 Å². The Labute approximate surface area is 242 Å². The number of halogens is 1. The fourth-order valence-electron chi connectivity index (χ4n) is 4.49. The minimum Gasteiger partial charge on any atom is -0.400 e. The van der Waals surface area contributed by atoms with E-state index in [1.807, 2.05) is 12.1 Å². The zero-order valence-electron chi connectivity index (χ0n) is 21.3. The highest BCUT2D eigenvalue weighted by molar-refractivity contribution is 9.10. The van der Waals surface area contributed by atoms with Crippen LogP contribution in [0.2, 0.25) is 0 Å². The molecule has 208 valence electrons. The number of nitro groups is 1. The molecule has 0 unspecified atom stereocenters. The number of nitrogens with zero attached hydrogens (tertiary/aromatic N) is 5. The van der Waals surface area contributed by atoms with Crippen molar-refractivity contribution in [1.29, 1.82) is 0 Å². The van der Waals surface area contributed by atoms with Crippen molar-refractivity contribution >= 4 is 70.6 Å². The van der Waals surface area contributed by atoms with Gasteiger partial charge in [-0.2, -0.15) is 14.4 Å². The van der Waals surface area contributed by atoms with E-state index in [0.717, 1.165) is 46.3 Å². The van der Waals surface area contributed by atoms with Crippen molar-refractivity contribution in [3.63, 3.8) is 0 Å². The number of carbonyl (C=O) groups excluding carboxylic acids is 1. The number of furan rings is 1. The lowest BCUT2D eigenvalue weighted by atomic mass is 9.96. The standard InChI is InChI=1S/C26H24BrN5O6S2/c1-30(19-5-3-2-4-6-19)40(36,37)21-11-7-17(8-12-21)25(33)31(28-16-20-10-14-24(38-20)32(34)35)26-29-22-13-9-18(27)15-23(22)39-26/h7-16,19H,2-6H2,1H3/b28-16+. The molecule has 0 radical (unpaired) electrons. The molecule has 4 aromatic rings. The third-order valence-corrected chi connectivity index (χ3v) is 10.1. The molecule has 0 saturated heterocycles. The Morgan fingerprint density at radius 2 is 1.88 bits per heavy atom. The number of thiazole rings is 1. The summed E-state index contributed by atoms with van der Waals surface area (Å²) in [4.78, 5) is 28.6. The van der Waals surface area contributed by atoms with Crippen molar-refractivity contribution in [2.45, 2.75) is 43.0 Å². The number of hydrogen-bond acceptors (Lipinski definition) is 9. The molecule has 1 saturated carbocycles. The average molecular weight is 647 g/mol. The summed E-state index contributed by atoms with van der Waals surface area (Å²) in [7, 11) is -2.13. The van der Waals surface area contributed by atoms with Crippen LogP contribution in [-0.4, -0.2) is 47.8 Å². The molecule has 1 fully saturated rings. The zero-order valence-corrected chi connectivity index (χ0v) is 24.5. The van der Waals surface area contributed by atoms with Gasteiger partial charge in [0.25, 0.3) is 5.91 Å². The number of anilines is 1. The van der Waals surface area contributed by atoms with Gasteiger partial charge in [0.05, 0.1) is 27.4 Å². The van der Waals surface area contributed by atoms with Crippen molar-refractivity contribution in [2.75, 3.05) is 12.1 Å². The Hall–Kier alpha value is -3.46. The van der Waals surface area contributed by atoms with Gasteiger partial charge >= 0.3 is 5.88 Å². The molecule has 14 heteroatoms. The number of carbonyl (C=O) groups is 1. The van der Waals surface area contributed by atoms with E-state index in [0.29, 0.717) is 5.52 Å². The van der Waals surface area contributed by atoms with Crippen LogP contribution < -0.4 is 5.01 Å². The highest BCUT2D eigenvalue weighted by Crippen LogP contribution is 2.32. The Kier molecular flexibility index (Phi) is 8.12. The molecule has 40 heavy (non-hydrogen) atoms. The number of sulfonamides is 1. The van der Waals surface area contributed by atoms with Crippen LogP contribution in [0.25, 0.3) is 10.2 Å². The number of amides is 1. The smallest absolute Gasteiger partial charge is 0.400 e. The molecule has 0 spiro atoms. The summed E-state index contributed by atoms with van der Waals surface area (Å²) in [6.07, 6.45) is 5.96. The SMILES string of the molecule is CN(C1CCCCC1)S(=O)(=O)c1ccc(C(=O)N(/N=C/c2ccc([N+](=O)[O-])o2)c2nc3ccc(Br)cc3s2)cc1. The quantitative estimate of drug-likeness (QED) is 0.126. The predicted molar refractivity (Wildman–Crippen MR) is 155 cm³/mol. The van der Waals surface area contributed by atoms with Crippen molar-refractivity contribution < 1.29 is 22.6 Å². The van der Waals surface area contributed by atoms with E-state index in [9.17, 15) is 23.3 Å². The second-order valence-electron chi connectivity index (χ2n) is 9.24. The van der Waals surface area contributed by atoms with E-state index in [4.69, 9.17) is 4.42 Å². The van der Waals surface area contributed by atoms with E-state index in [-0.39, 0.29) is 27.4 Å². The van der Waals surface area contributed by atoms with E-state index >= 15 is 0 Å². The van der Waals surface area contributed by atoms with Crippen LogP contribution in [-0.2, 0) is 10.0 Å². The second kappa shape index (κ2) is 11.6. The summed E-state index contributed by atoms with van der Waals surface area (Å²) in [6, 6.07) is 13.7. The number of fused-ring (bicyclic) bond motifs is 1. The number of aromatic nitrogens is 1. The fraction of sp³-hybridized carbons (Fsp3) is 0.269. The molecular formula is C26H24BrN5O6S2. The van der Waals surface area contributed by atoms with Crippen molar-refractivity contribution in [3.05, 3.63) is 80.5 Å². The van der Waals surface area contributed by atoms with Gasteiger partial charge in [0.15, 0.2) is 5.76 Å². The van der Waals surface area contributed by atoms with Crippen molar-refractivity contribution in [3.8, 4) is 0 Å². The summed E-state index contributed by atoms with van der Waals surface area (Å²) in [5, 5.41) is 16.5. The van der Waals surface area contributed by atoms with Gasteiger partial charge in [0.1, 0.15) is 4.92 Å². The topological polar surface area (TPSA) is 139 Å². The maximum Gasteiger partial charge on any atom is 0.433 e. The van der Waals surface area contributed by atoms with Gasteiger partial charge in [-0.05, 0) is 61.4 Å². The van der Waals surface area contributed by atoms with Crippen LogP contribution in [0.4, 0.5) is 11.0 Å². The third-order valence-electron chi connectivity index (χ3n) is 6.67. The van der Waals surface area contributed by atoms with E-state index in [1.54, 1.807) is 13.1 Å². The molecule has 2 heterocycles. The molecule has 1 amide bonds. The molecule has 1 aliphatic rings. The summed E-state index contributed by atoms with van der Waals surface area (Å²) in [6.45, 7) is 0. The van der Waals surface area contributed by atoms with Crippen molar-refractivity contribution in [1.82, 2.24) is 9.29 Å². The van der Waals surface area contributed by atoms with Gasteiger partial charge in [-0.15, -0.1) is 0 Å². The second-order valence-corrected chi connectivity index (χ2v) is 13.2. The van der Waals surface area contributed by atoms with E-state index < -0.39 is 26.7 Å². The minimum absolute atomic E-state index is 0.0404. The lowest BCUT2D eigenvalue weighted by molar-refractivity contribution is -0.402. The Morgan fingerprint density at radius 3 is 2.55 bits per heavy atom. The first-order valence-electron chi connectivity index (χ1n) is 12.4. The monoisotopic (exact) mass is 645 g/mol. The molecule has 11 nitrogen and oxygen atoms in total. The summed E-state index contributed by atoms with van der Waals surface area (Å²) >= 11 is 4.65. The average Bonchev–Trinajstić information content (AvgIpc) is 3.60. The first kappa shape index (κ1) is 28.1. The molecule has 0 bridgehead atoms. The molecule has 5 rings (SSSR count). The Morgan fingerprint density at radius 1 is 1.15 bits per heavy atom. The van der Waals surface area contributed by atoms with Crippen LogP contribution in [0, 0.1) is 10.1 Å². The Balaban J connectivity index is 1.45. The first-order chi connectivity index (χ1) is 19.1. The maximum atomic E-state index is 13.6. The van der Waals surface area contributed by atoms with E-state index in [1.165, 1.54) is 58.3 Å². The van der Waals surface area contributed by atoms with Crippen LogP contribution in [0.1, 0.15) is 48.2 Å². The zero-order chi connectivity index (χ0) is 28.4. The van der Waals surface area contributed by atoms with Crippen molar-refractivity contribution in [2.24, 2.45) is 5.10 Å². The largest absolute Gasteiger partial charge is 0.433 e. The first-order valence-corrected chi connectivity index (χ1v) is 15.5. The Bertz CT molecular complexity index is 1690. The van der Waals surface area contributed by atoms with Gasteiger partial charge in [0.2, 0.25) is 15.2 Å². The number of benzene rings is 2. The van der Waals surface area contributed by atoms with Gasteiger partial charge in [-0.3, -0.25) is 14.9 Å². The normalized spacial score (nSPS) is 14.8. The molecular weight excluding hydrogens is 622 g/mol. The molecule has 2 aromatic carbocycles. The predicted octanol–water partition coefficient (Wildman–Crippen LogP) is 6.19. The van der Waals surface area contributed by atoms with Crippen LogP contribution in [0.15, 0.2) is 73.5 Å². The molecule has 0 aliphatic heterocycles. The molecule has 2 aromatic heterocycles. The molecule has 0 N–H and O–H groups in total. The number of rotatable bonds is 8. The molecule has 1 aliphatic carbocycles. The van der Waals surface area contributed by atoms with Gasteiger partial charge in [0, 0.05) is 23.1 Å². The number of hydrogen-bond donors (Lipinski definition) is 0. The number of hydrazone groups is 1. The fourth-order valence-corrected chi connectivity index (χ4v) is 7.38. The third kappa shape index (κ3) is 5.84. The maximum absolute atomic E-state index is 13.6. The van der Waals surface area contributed by atoms with Gasteiger partial charge in [-0.1, -0.05) is 46.5 Å².